The molecular formula is C13H17Li2NO2. The Bertz CT molecular complexity index is 387. The van der Waals surface area contributed by atoms with E-state index in [0.29, 0.717) is 12.3 Å². The number of hydrogen-bond donors (Lipinski definition) is 0. The molecule has 0 aromatic heterocycles. The molecule has 0 N–H and O–H groups in total. The van der Waals surface area contributed by atoms with E-state index in [1.807, 2.05) is 32.9 Å². The second kappa shape index (κ2) is 8.73. The summed E-state index contributed by atoms with van der Waals surface area (Å²) in [6, 6.07) is 8.47. The molecule has 1 rings (SSSR count). The number of nitrogens with zero attached hydrogens (tertiary/aromatic N) is 1. The fourth-order valence-electron chi connectivity index (χ4n) is 1.17. The van der Waals surface area contributed by atoms with Crippen LogP contribution in [-0.2, 0) is 6.54 Å². The molecular weight excluding hydrogens is 216 g/mol. The standard InChI is InChI=1S/C13H18NO2.2Li/c1-13(2,3)12(15)14-9-10-7-5-6-8-11(10)16-4;;/h5-7H,9H2,1-4H3,(H,14,15);;/q-1;2*+1/p-1. The number of aliphatic imine (C=N–C) groups is 1. The van der Waals surface area contributed by atoms with Crippen LogP contribution in [0.2, 0.25) is 0 Å². The second-order valence-electron chi connectivity index (χ2n) is 4.60. The molecule has 88 valence electrons. The molecule has 0 unspecified atom stereocenters. The van der Waals surface area contributed by atoms with Crippen molar-refractivity contribution < 1.29 is 47.6 Å². The van der Waals surface area contributed by atoms with Crippen LogP contribution >= 0.6 is 0 Å². The summed E-state index contributed by atoms with van der Waals surface area (Å²) in [5, 5.41) is 11.6. The van der Waals surface area contributed by atoms with Gasteiger partial charge in [0.1, 0.15) is 0 Å². The van der Waals surface area contributed by atoms with E-state index in [-0.39, 0.29) is 43.6 Å². The Morgan fingerprint density at radius 1 is 1.39 bits per heavy atom. The number of para-hydroxylation sites is 1. The van der Waals surface area contributed by atoms with Gasteiger partial charge in [-0.05, 0) is 11.3 Å². The zero-order valence-electron chi connectivity index (χ0n) is 12.2. The summed E-state index contributed by atoms with van der Waals surface area (Å²) in [5.41, 5.74) is 0.453. The second-order valence-corrected chi connectivity index (χ2v) is 4.60. The third-order valence-corrected chi connectivity index (χ3v) is 2.14. The summed E-state index contributed by atoms with van der Waals surface area (Å²) >= 11 is 0. The Kier molecular flexibility index (Phi) is 9.70. The van der Waals surface area contributed by atoms with Gasteiger partial charge in [0.2, 0.25) is 0 Å². The molecule has 0 aliphatic rings. The molecule has 0 spiro atoms. The Morgan fingerprint density at radius 3 is 2.50 bits per heavy atom. The minimum absolute atomic E-state index is 0. The molecule has 0 bridgehead atoms. The topological polar surface area (TPSA) is 44.6 Å². The fraction of sp³-hybridized carbons (Fsp3) is 0.462. The third-order valence-electron chi connectivity index (χ3n) is 2.14. The fourth-order valence-corrected chi connectivity index (χ4v) is 1.17. The zero-order valence-corrected chi connectivity index (χ0v) is 12.2. The molecule has 0 saturated carbocycles. The van der Waals surface area contributed by atoms with Gasteiger partial charge in [-0.25, -0.2) is 0 Å². The summed E-state index contributed by atoms with van der Waals surface area (Å²) in [5.74, 6) is 0.548. The molecule has 18 heavy (non-hydrogen) atoms. The van der Waals surface area contributed by atoms with Gasteiger partial charge in [-0.2, -0.15) is 18.2 Å². The van der Waals surface area contributed by atoms with Gasteiger partial charge in [-0.3, -0.25) is 0 Å². The van der Waals surface area contributed by atoms with E-state index in [9.17, 15) is 5.11 Å². The van der Waals surface area contributed by atoms with E-state index in [1.165, 1.54) is 0 Å². The molecule has 0 fully saturated rings. The predicted molar refractivity (Wildman–Crippen MR) is 62.4 cm³/mol. The van der Waals surface area contributed by atoms with Gasteiger partial charge in [0.05, 0.1) is 7.11 Å². The van der Waals surface area contributed by atoms with Gasteiger partial charge in [0, 0.05) is 12.3 Å². The SMILES string of the molecule is COc1[c-]cccc1CN=C([O-])C(C)(C)C.[Li+].[Li+]. The predicted octanol–water partition coefficient (Wildman–Crippen LogP) is -4.19. The minimum atomic E-state index is -0.425. The van der Waals surface area contributed by atoms with Crippen LogP contribution in [-0.4, -0.2) is 13.0 Å². The minimum Gasteiger partial charge on any atom is -0.862 e. The van der Waals surface area contributed by atoms with Crippen LogP contribution in [0.15, 0.2) is 23.2 Å². The molecule has 5 heteroatoms. The van der Waals surface area contributed by atoms with Crippen LogP contribution in [0.5, 0.6) is 5.75 Å². The van der Waals surface area contributed by atoms with Crippen molar-refractivity contribution in [1.29, 1.82) is 0 Å². The maximum atomic E-state index is 11.6. The number of ether oxygens (including phenoxy) is 1. The average molecular weight is 233 g/mol. The Balaban J connectivity index is 0. The third kappa shape index (κ3) is 6.03. The van der Waals surface area contributed by atoms with Crippen LogP contribution < -0.4 is 47.6 Å². The molecule has 1 aromatic carbocycles. The van der Waals surface area contributed by atoms with Crippen molar-refractivity contribution in [2.45, 2.75) is 27.3 Å². The van der Waals surface area contributed by atoms with Crippen LogP contribution in [0, 0.1) is 11.5 Å². The molecule has 0 saturated heterocycles. The van der Waals surface area contributed by atoms with Gasteiger partial charge in [-0.1, -0.05) is 26.3 Å². The molecule has 0 atom stereocenters. The van der Waals surface area contributed by atoms with Gasteiger partial charge in [-0.15, -0.1) is 6.07 Å². The largest absolute Gasteiger partial charge is 1.00 e. The number of rotatable bonds is 3. The summed E-state index contributed by atoms with van der Waals surface area (Å²) in [6.45, 7) is 5.91. The Labute approximate surface area is 133 Å². The van der Waals surface area contributed by atoms with E-state index in [0.717, 1.165) is 5.56 Å². The maximum absolute atomic E-state index is 11.6. The van der Waals surface area contributed by atoms with Gasteiger partial charge < -0.3 is 14.8 Å². The number of benzene rings is 1. The van der Waals surface area contributed by atoms with Crippen molar-refractivity contribution in [2.24, 2.45) is 10.4 Å². The normalized spacial score (nSPS) is 11.2. The molecule has 0 aliphatic carbocycles. The first-order valence-electron chi connectivity index (χ1n) is 5.20. The van der Waals surface area contributed by atoms with E-state index in [4.69, 9.17) is 4.74 Å². The number of methoxy groups -OCH3 is 1. The maximum Gasteiger partial charge on any atom is 1.00 e. The van der Waals surface area contributed by atoms with E-state index in [2.05, 4.69) is 11.1 Å². The molecule has 0 radical (unpaired) electrons. The first kappa shape index (κ1) is 20.0. The zero-order chi connectivity index (χ0) is 12.2. The van der Waals surface area contributed by atoms with Crippen molar-refractivity contribution in [1.82, 2.24) is 0 Å². The van der Waals surface area contributed by atoms with E-state index >= 15 is 0 Å². The Hall–Kier alpha value is -0.315. The first-order chi connectivity index (χ1) is 7.45. The smallest absolute Gasteiger partial charge is 0.862 e. The van der Waals surface area contributed by atoms with Gasteiger partial charge in [0.15, 0.2) is 0 Å². The van der Waals surface area contributed by atoms with Crippen molar-refractivity contribution in [3.05, 3.63) is 29.8 Å². The summed E-state index contributed by atoms with van der Waals surface area (Å²) < 4.78 is 5.14. The van der Waals surface area contributed by atoms with Crippen LogP contribution in [0.4, 0.5) is 0 Å². The van der Waals surface area contributed by atoms with Crippen LogP contribution in [0.25, 0.3) is 0 Å². The van der Waals surface area contributed by atoms with E-state index < -0.39 is 5.41 Å². The van der Waals surface area contributed by atoms with Crippen LogP contribution in [0.1, 0.15) is 26.3 Å². The van der Waals surface area contributed by atoms with Gasteiger partial charge >= 0.3 is 37.7 Å². The summed E-state index contributed by atoms with van der Waals surface area (Å²) in [6.07, 6.45) is 0. The van der Waals surface area contributed by atoms with Crippen molar-refractivity contribution >= 4 is 5.90 Å². The molecule has 0 amide bonds. The van der Waals surface area contributed by atoms with Crippen molar-refractivity contribution in [3.8, 4) is 5.75 Å². The van der Waals surface area contributed by atoms with E-state index in [1.54, 1.807) is 13.2 Å². The van der Waals surface area contributed by atoms with Gasteiger partial charge in [0.25, 0.3) is 0 Å². The molecule has 0 aliphatic heterocycles. The Morgan fingerprint density at radius 2 is 2.00 bits per heavy atom. The average Bonchev–Trinajstić information content (AvgIpc) is 2.24. The first-order valence-corrected chi connectivity index (χ1v) is 5.20. The molecule has 1 aromatic rings. The van der Waals surface area contributed by atoms with Crippen LogP contribution in [0.3, 0.4) is 0 Å². The molecule has 0 heterocycles. The van der Waals surface area contributed by atoms with Crippen molar-refractivity contribution in [3.63, 3.8) is 0 Å². The molecule has 3 nitrogen and oxygen atoms in total. The number of hydrogen-bond acceptors (Lipinski definition) is 3. The monoisotopic (exact) mass is 233 g/mol. The quantitative estimate of drug-likeness (QED) is 0.230. The van der Waals surface area contributed by atoms with Crippen molar-refractivity contribution in [2.75, 3.05) is 7.11 Å². The summed E-state index contributed by atoms with van der Waals surface area (Å²) in [7, 11) is 1.58. The summed E-state index contributed by atoms with van der Waals surface area (Å²) in [4.78, 5) is 4.04.